The van der Waals surface area contributed by atoms with Crippen LogP contribution < -0.4 is 0 Å². The SMILES string of the molecule is O=C(O)C(Cc1ccc([N+](=O)[O-])s1)C(=O)O. The summed E-state index contributed by atoms with van der Waals surface area (Å²) in [4.78, 5) is 31.3. The molecule has 0 aliphatic heterocycles. The molecule has 86 valence electrons. The summed E-state index contributed by atoms with van der Waals surface area (Å²) in [6.07, 6.45) is -0.247. The Morgan fingerprint density at radius 3 is 2.31 bits per heavy atom. The maximum Gasteiger partial charge on any atom is 0.324 e. The number of carboxylic acid groups (broad SMARTS) is 2. The van der Waals surface area contributed by atoms with Crippen molar-refractivity contribution >= 4 is 28.3 Å². The largest absolute Gasteiger partial charge is 0.481 e. The van der Waals surface area contributed by atoms with E-state index in [9.17, 15) is 19.7 Å². The van der Waals surface area contributed by atoms with E-state index in [2.05, 4.69) is 0 Å². The third-order valence-corrected chi connectivity index (χ3v) is 2.89. The van der Waals surface area contributed by atoms with Crippen molar-refractivity contribution in [2.75, 3.05) is 0 Å². The average Bonchev–Trinajstić information content (AvgIpc) is 2.61. The van der Waals surface area contributed by atoms with Gasteiger partial charge in [-0.2, -0.15) is 0 Å². The second kappa shape index (κ2) is 4.71. The number of nitrogens with zero attached hydrogens (tertiary/aromatic N) is 1. The molecule has 0 atom stereocenters. The third kappa shape index (κ3) is 2.76. The highest BCUT2D eigenvalue weighted by atomic mass is 32.1. The standard InChI is InChI=1S/C8H7NO6S/c10-7(11)5(8(12)13)3-4-1-2-6(16-4)9(14)15/h1-2,5H,3H2,(H,10,11)(H,12,13). The summed E-state index contributed by atoms with van der Waals surface area (Å²) in [5, 5.41) is 27.4. The van der Waals surface area contributed by atoms with Crippen LogP contribution in [-0.4, -0.2) is 27.1 Å². The second-order valence-corrected chi connectivity index (χ2v) is 4.08. The van der Waals surface area contributed by atoms with Gasteiger partial charge in [-0.05, 0) is 6.07 Å². The van der Waals surface area contributed by atoms with E-state index in [0.29, 0.717) is 4.88 Å². The lowest BCUT2D eigenvalue weighted by Gasteiger charge is -2.03. The van der Waals surface area contributed by atoms with Crippen LogP contribution in [0, 0.1) is 16.0 Å². The molecule has 1 aromatic rings. The number of rotatable bonds is 5. The van der Waals surface area contributed by atoms with Crippen LogP contribution in [0.4, 0.5) is 5.00 Å². The molecule has 0 fully saturated rings. The van der Waals surface area contributed by atoms with Crippen LogP contribution in [0.25, 0.3) is 0 Å². The molecule has 0 aliphatic carbocycles. The summed E-state index contributed by atoms with van der Waals surface area (Å²) in [6, 6.07) is 2.59. The van der Waals surface area contributed by atoms with E-state index in [4.69, 9.17) is 10.2 Å². The summed E-state index contributed by atoms with van der Waals surface area (Å²) in [6.45, 7) is 0. The smallest absolute Gasteiger partial charge is 0.324 e. The van der Waals surface area contributed by atoms with E-state index in [1.165, 1.54) is 12.1 Å². The highest BCUT2D eigenvalue weighted by molar-refractivity contribution is 7.15. The van der Waals surface area contributed by atoms with E-state index in [-0.39, 0.29) is 11.4 Å². The lowest BCUT2D eigenvalue weighted by Crippen LogP contribution is -2.25. The molecule has 0 aliphatic rings. The predicted molar refractivity (Wildman–Crippen MR) is 53.4 cm³/mol. The number of carboxylic acids is 2. The lowest BCUT2D eigenvalue weighted by molar-refractivity contribution is -0.380. The van der Waals surface area contributed by atoms with Crippen LogP contribution in [0.3, 0.4) is 0 Å². The number of hydrogen-bond donors (Lipinski definition) is 2. The zero-order valence-electron chi connectivity index (χ0n) is 7.82. The first-order chi connectivity index (χ1) is 7.41. The van der Waals surface area contributed by atoms with Crippen molar-refractivity contribution in [2.24, 2.45) is 5.92 Å². The monoisotopic (exact) mass is 245 g/mol. The van der Waals surface area contributed by atoms with Crippen molar-refractivity contribution in [3.8, 4) is 0 Å². The predicted octanol–water partition coefficient (Wildman–Crippen LogP) is 0.984. The van der Waals surface area contributed by atoms with Crippen LogP contribution in [0.1, 0.15) is 4.88 Å². The van der Waals surface area contributed by atoms with Crippen LogP contribution in [0.15, 0.2) is 12.1 Å². The van der Waals surface area contributed by atoms with Crippen molar-refractivity contribution in [2.45, 2.75) is 6.42 Å². The zero-order chi connectivity index (χ0) is 12.3. The number of aliphatic carboxylic acids is 2. The van der Waals surface area contributed by atoms with E-state index < -0.39 is 22.8 Å². The molecule has 1 heterocycles. The van der Waals surface area contributed by atoms with E-state index in [1.807, 2.05) is 0 Å². The van der Waals surface area contributed by atoms with Gasteiger partial charge in [0.25, 0.3) is 0 Å². The Morgan fingerprint density at radius 1 is 1.38 bits per heavy atom. The third-order valence-electron chi connectivity index (χ3n) is 1.83. The molecule has 1 rings (SSSR count). The fourth-order valence-electron chi connectivity index (χ4n) is 1.06. The molecule has 0 saturated heterocycles. The van der Waals surface area contributed by atoms with Crippen molar-refractivity contribution in [3.05, 3.63) is 27.1 Å². The maximum atomic E-state index is 10.6. The Hall–Kier alpha value is -1.96. The zero-order valence-corrected chi connectivity index (χ0v) is 8.64. The minimum absolute atomic E-state index is 0.135. The van der Waals surface area contributed by atoms with Gasteiger partial charge < -0.3 is 10.2 Å². The Bertz CT molecular complexity index is 425. The van der Waals surface area contributed by atoms with Gasteiger partial charge in [0, 0.05) is 17.4 Å². The highest BCUT2D eigenvalue weighted by Crippen LogP contribution is 2.26. The Labute approximate surface area is 93.1 Å². The first kappa shape index (κ1) is 12.1. The molecular weight excluding hydrogens is 238 g/mol. The fourth-order valence-corrected chi connectivity index (χ4v) is 1.92. The number of hydrogen-bond acceptors (Lipinski definition) is 5. The topological polar surface area (TPSA) is 118 Å². The summed E-state index contributed by atoms with van der Waals surface area (Å²) < 4.78 is 0. The van der Waals surface area contributed by atoms with E-state index in [0.717, 1.165) is 11.3 Å². The minimum atomic E-state index is -1.57. The van der Waals surface area contributed by atoms with Gasteiger partial charge in [0.1, 0.15) is 0 Å². The van der Waals surface area contributed by atoms with Gasteiger partial charge in [0.05, 0.1) is 4.92 Å². The van der Waals surface area contributed by atoms with Crippen LogP contribution in [-0.2, 0) is 16.0 Å². The lowest BCUT2D eigenvalue weighted by atomic mass is 10.1. The normalized spacial score (nSPS) is 10.3. The fraction of sp³-hybridized carbons (Fsp3) is 0.250. The van der Waals surface area contributed by atoms with Gasteiger partial charge >= 0.3 is 16.9 Å². The maximum absolute atomic E-state index is 10.6. The number of thiophene rings is 1. The highest BCUT2D eigenvalue weighted by Gasteiger charge is 2.27. The van der Waals surface area contributed by atoms with Gasteiger partial charge in [-0.1, -0.05) is 11.3 Å². The van der Waals surface area contributed by atoms with Gasteiger partial charge in [-0.15, -0.1) is 0 Å². The Morgan fingerprint density at radius 2 is 1.94 bits per heavy atom. The average molecular weight is 245 g/mol. The molecule has 2 N–H and O–H groups in total. The summed E-state index contributed by atoms with van der Waals surface area (Å²) >= 11 is 0.778. The summed E-state index contributed by atoms with van der Waals surface area (Å²) in [5.41, 5.74) is 0. The first-order valence-electron chi connectivity index (χ1n) is 4.10. The van der Waals surface area contributed by atoms with Gasteiger partial charge in [-0.3, -0.25) is 19.7 Å². The van der Waals surface area contributed by atoms with E-state index >= 15 is 0 Å². The first-order valence-corrected chi connectivity index (χ1v) is 4.92. The summed E-state index contributed by atoms with van der Waals surface area (Å²) in [7, 11) is 0. The van der Waals surface area contributed by atoms with Gasteiger partial charge in [0.15, 0.2) is 5.92 Å². The molecule has 0 bridgehead atoms. The minimum Gasteiger partial charge on any atom is -0.481 e. The molecular formula is C8H7NO6S. The van der Waals surface area contributed by atoms with Gasteiger partial charge in [0.2, 0.25) is 0 Å². The van der Waals surface area contributed by atoms with E-state index in [1.54, 1.807) is 0 Å². The molecule has 0 radical (unpaired) electrons. The molecule has 16 heavy (non-hydrogen) atoms. The van der Waals surface area contributed by atoms with Crippen molar-refractivity contribution in [1.29, 1.82) is 0 Å². The molecule has 8 heteroatoms. The Balaban J connectivity index is 2.82. The van der Waals surface area contributed by atoms with Crippen LogP contribution >= 0.6 is 11.3 Å². The summed E-state index contributed by atoms with van der Waals surface area (Å²) in [5.74, 6) is -4.48. The van der Waals surface area contributed by atoms with Crippen molar-refractivity contribution < 1.29 is 24.7 Å². The second-order valence-electron chi connectivity index (χ2n) is 2.93. The molecule has 0 unspecified atom stereocenters. The number of nitro groups is 1. The number of carbonyl (C=O) groups is 2. The molecule has 7 nitrogen and oxygen atoms in total. The van der Waals surface area contributed by atoms with Crippen LogP contribution in [0.2, 0.25) is 0 Å². The molecule has 0 aromatic carbocycles. The Kier molecular flexibility index (Phi) is 3.56. The van der Waals surface area contributed by atoms with Crippen molar-refractivity contribution in [3.63, 3.8) is 0 Å². The van der Waals surface area contributed by atoms with Gasteiger partial charge in [-0.25, -0.2) is 0 Å². The molecule has 0 amide bonds. The molecule has 1 aromatic heterocycles. The molecule has 0 saturated carbocycles. The van der Waals surface area contributed by atoms with Crippen molar-refractivity contribution in [1.82, 2.24) is 0 Å². The quantitative estimate of drug-likeness (QED) is 0.453. The van der Waals surface area contributed by atoms with Crippen LogP contribution in [0.5, 0.6) is 0 Å². The molecule has 0 spiro atoms.